The van der Waals surface area contributed by atoms with Gasteiger partial charge in [-0.15, -0.1) is 0 Å². The third kappa shape index (κ3) is 3.59. The van der Waals surface area contributed by atoms with Crippen molar-refractivity contribution < 1.29 is 4.74 Å². The Hall–Kier alpha value is -4.19. The highest BCUT2D eigenvalue weighted by molar-refractivity contribution is 5.75. The molecule has 3 aromatic heterocycles. The van der Waals surface area contributed by atoms with Crippen molar-refractivity contribution in [3.63, 3.8) is 0 Å². The van der Waals surface area contributed by atoms with Crippen molar-refractivity contribution in [2.75, 3.05) is 11.1 Å². The van der Waals surface area contributed by atoms with E-state index in [1.54, 1.807) is 0 Å². The third-order valence-electron chi connectivity index (χ3n) is 5.06. The number of ether oxygens (including phenoxy) is 1. The Labute approximate surface area is 178 Å². The van der Waals surface area contributed by atoms with Crippen LogP contribution in [0.4, 0.5) is 11.6 Å². The van der Waals surface area contributed by atoms with Gasteiger partial charge >= 0.3 is 0 Å². The maximum Gasteiger partial charge on any atom is 0.215 e. The number of benzene rings is 1. The molecule has 1 aliphatic carbocycles. The monoisotopic (exact) mass is 412 g/mol. The molecule has 0 saturated heterocycles. The van der Waals surface area contributed by atoms with Crippen LogP contribution in [0.25, 0.3) is 16.9 Å². The summed E-state index contributed by atoms with van der Waals surface area (Å²) >= 11 is 0. The van der Waals surface area contributed by atoms with E-state index < -0.39 is 0 Å². The molecule has 1 aromatic carbocycles. The third-order valence-corrected chi connectivity index (χ3v) is 5.06. The fourth-order valence-electron chi connectivity index (χ4n) is 3.39. The average molecular weight is 412 g/mol. The zero-order valence-corrected chi connectivity index (χ0v) is 16.9. The second-order valence-electron chi connectivity index (χ2n) is 7.41. The number of hydrogen-bond donors (Lipinski definition) is 2. The fraction of sp³-hybridized carbons (Fsp3) is 0.227. The Balaban J connectivity index is 1.60. The predicted octanol–water partition coefficient (Wildman–Crippen LogP) is 3.38. The molecule has 4 aromatic rings. The summed E-state index contributed by atoms with van der Waals surface area (Å²) in [6, 6.07) is 15.4. The minimum absolute atomic E-state index is 0.132. The van der Waals surface area contributed by atoms with Crippen LogP contribution in [-0.4, -0.2) is 30.6 Å². The Morgan fingerprint density at radius 3 is 2.71 bits per heavy atom. The number of nitrogens with zero attached hydrogens (tertiary/aromatic N) is 6. The van der Waals surface area contributed by atoms with Gasteiger partial charge in [0.1, 0.15) is 47.0 Å². The predicted molar refractivity (Wildman–Crippen MR) is 116 cm³/mol. The number of nitrogens with one attached hydrogen (secondary N) is 1. The number of aromatic nitrogens is 5. The minimum atomic E-state index is -0.302. The summed E-state index contributed by atoms with van der Waals surface area (Å²) in [5, 5.41) is 12.7. The van der Waals surface area contributed by atoms with E-state index in [1.807, 2.05) is 54.0 Å². The van der Waals surface area contributed by atoms with Crippen molar-refractivity contribution in [1.82, 2.24) is 24.5 Å². The first-order valence-corrected chi connectivity index (χ1v) is 10.0. The summed E-state index contributed by atoms with van der Waals surface area (Å²) in [4.78, 5) is 17.6. The highest BCUT2D eigenvalue weighted by Gasteiger charge is 2.25. The van der Waals surface area contributed by atoms with E-state index in [-0.39, 0.29) is 23.5 Å². The van der Waals surface area contributed by atoms with Crippen LogP contribution in [0, 0.1) is 11.3 Å². The van der Waals surface area contributed by atoms with Crippen LogP contribution in [0.2, 0.25) is 0 Å². The number of nitriles is 1. The van der Waals surface area contributed by atoms with Gasteiger partial charge in [0.2, 0.25) is 5.88 Å². The summed E-state index contributed by atoms with van der Waals surface area (Å²) in [7, 11) is 0. The lowest BCUT2D eigenvalue weighted by Gasteiger charge is -2.17. The van der Waals surface area contributed by atoms with Crippen molar-refractivity contribution in [1.29, 1.82) is 5.26 Å². The number of para-hydroxylation sites is 1. The number of nitrogens with two attached hydrogens (primary N) is 1. The van der Waals surface area contributed by atoms with Crippen LogP contribution in [0.3, 0.4) is 0 Å². The van der Waals surface area contributed by atoms with Gasteiger partial charge in [0.15, 0.2) is 5.65 Å². The van der Waals surface area contributed by atoms with Crippen LogP contribution in [0.15, 0.2) is 48.8 Å². The number of nitrogen functional groups attached to an aromatic ring is 1. The first kappa shape index (κ1) is 18.8. The van der Waals surface area contributed by atoms with E-state index in [0.29, 0.717) is 17.3 Å². The maximum atomic E-state index is 9.44. The molecule has 1 saturated carbocycles. The van der Waals surface area contributed by atoms with E-state index in [9.17, 15) is 5.26 Å². The summed E-state index contributed by atoms with van der Waals surface area (Å²) in [5.74, 6) is 1.81. The van der Waals surface area contributed by atoms with E-state index in [0.717, 1.165) is 29.9 Å². The average Bonchev–Trinajstić information content (AvgIpc) is 3.51. The largest absolute Gasteiger partial charge is 0.474 e. The Kier molecular flexibility index (Phi) is 4.59. The fourth-order valence-corrected chi connectivity index (χ4v) is 3.39. The zero-order valence-electron chi connectivity index (χ0n) is 16.9. The minimum Gasteiger partial charge on any atom is -0.474 e. The van der Waals surface area contributed by atoms with Crippen LogP contribution >= 0.6 is 0 Å². The second kappa shape index (κ2) is 7.57. The van der Waals surface area contributed by atoms with Gasteiger partial charge in [-0.25, -0.2) is 15.0 Å². The SMILES string of the molecule is C[C@H](Nc1ncnc(N)c1C#N)c1nc2ccc(OC3CC3)nc2n1-c1ccccc1. The summed E-state index contributed by atoms with van der Waals surface area (Å²) in [6.45, 7) is 1.95. The van der Waals surface area contributed by atoms with Gasteiger partial charge in [0.05, 0.1) is 6.04 Å². The number of pyridine rings is 1. The molecule has 154 valence electrons. The van der Waals surface area contributed by atoms with Gasteiger partial charge in [0.25, 0.3) is 0 Å². The first-order chi connectivity index (χ1) is 15.1. The van der Waals surface area contributed by atoms with Crippen LogP contribution in [0.5, 0.6) is 5.88 Å². The van der Waals surface area contributed by atoms with E-state index in [4.69, 9.17) is 20.4 Å². The molecule has 9 heteroatoms. The molecule has 3 heterocycles. The standard InChI is InChI=1S/C22H20N8O/c1-13(27-20-16(11-23)19(24)25-12-26-20)21-28-17-9-10-18(31-15-7-8-15)29-22(17)30(21)14-5-3-2-4-6-14/h2-6,9-10,12-13,15H,7-8H2,1H3,(H3,24,25,26,27)/t13-/m0/s1. The molecule has 31 heavy (non-hydrogen) atoms. The van der Waals surface area contributed by atoms with E-state index >= 15 is 0 Å². The van der Waals surface area contributed by atoms with Crippen LogP contribution < -0.4 is 15.8 Å². The van der Waals surface area contributed by atoms with Gasteiger partial charge in [0, 0.05) is 11.8 Å². The number of imidazole rings is 1. The molecule has 1 aliphatic rings. The molecule has 0 amide bonds. The molecule has 0 spiro atoms. The van der Waals surface area contributed by atoms with Gasteiger partial charge in [-0.2, -0.15) is 10.2 Å². The number of rotatable bonds is 6. The van der Waals surface area contributed by atoms with Crippen molar-refractivity contribution in [3.05, 3.63) is 60.2 Å². The van der Waals surface area contributed by atoms with Crippen molar-refractivity contribution in [3.8, 4) is 17.6 Å². The molecule has 0 bridgehead atoms. The molecule has 0 aliphatic heterocycles. The maximum absolute atomic E-state index is 9.44. The second-order valence-corrected chi connectivity index (χ2v) is 7.41. The Morgan fingerprint density at radius 2 is 1.97 bits per heavy atom. The Morgan fingerprint density at radius 1 is 1.16 bits per heavy atom. The summed E-state index contributed by atoms with van der Waals surface area (Å²) in [6.07, 6.45) is 3.71. The van der Waals surface area contributed by atoms with Crippen LogP contribution in [-0.2, 0) is 0 Å². The van der Waals surface area contributed by atoms with Crippen molar-refractivity contribution in [2.24, 2.45) is 0 Å². The molecule has 9 nitrogen and oxygen atoms in total. The van der Waals surface area contributed by atoms with E-state index in [1.165, 1.54) is 6.33 Å². The molecule has 0 radical (unpaired) electrons. The molecule has 1 fully saturated rings. The lowest BCUT2D eigenvalue weighted by molar-refractivity contribution is 0.292. The molecular formula is C22H20N8O. The Bertz CT molecular complexity index is 1290. The molecule has 1 atom stereocenters. The highest BCUT2D eigenvalue weighted by atomic mass is 16.5. The lowest BCUT2D eigenvalue weighted by Crippen LogP contribution is -2.15. The smallest absolute Gasteiger partial charge is 0.215 e. The zero-order chi connectivity index (χ0) is 21.4. The molecular weight excluding hydrogens is 392 g/mol. The molecule has 5 rings (SSSR count). The normalized spacial score (nSPS) is 14.2. The highest BCUT2D eigenvalue weighted by Crippen LogP contribution is 2.30. The first-order valence-electron chi connectivity index (χ1n) is 10.0. The van der Waals surface area contributed by atoms with Gasteiger partial charge < -0.3 is 15.8 Å². The van der Waals surface area contributed by atoms with Crippen molar-refractivity contribution >= 4 is 22.8 Å². The summed E-state index contributed by atoms with van der Waals surface area (Å²) < 4.78 is 7.89. The quantitative estimate of drug-likeness (QED) is 0.493. The molecule has 3 N–H and O–H groups in total. The van der Waals surface area contributed by atoms with E-state index in [2.05, 4.69) is 21.4 Å². The summed E-state index contributed by atoms with van der Waals surface area (Å²) in [5.41, 5.74) is 8.41. The number of fused-ring (bicyclic) bond motifs is 1. The van der Waals surface area contributed by atoms with Crippen LogP contribution in [0.1, 0.15) is 37.2 Å². The van der Waals surface area contributed by atoms with Gasteiger partial charge in [-0.1, -0.05) is 18.2 Å². The van der Waals surface area contributed by atoms with Gasteiger partial charge in [-0.3, -0.25) is 4.57 Å². The number of hydrogen-bond acceptors (Lipinski definition) is 8. The lowest BCUT2D eigenvalue weighted by atomic mass is 10.2. The van der Waals surface area contributed by atoms with Gasteiger partial charge in [-0.05, 0) is 38.0 Å². The topological polar surface area (TPSA) is 128 Å². The van der Waals surface area contributed by atoms with Crippen molar-refractivity contribution in [2.45, 2.75) is 31.9 Å². The number of anilines is 2. The molecule has 0 unspecified atom stereocenters.